The summed E-state index contributed by atoms with van der Waals surface area (Å²) in [7, 11) is 0. The van der Waals surface area contributed by atoms with Gasteiger partial charge in [0.15, 0.2) is 11.5 Å². The summed E-state index contributed by atoms with van der Waals surface area (Å²) >= 11 is 0. The van der Waals surface area contributed by atoms with Crippen LogP contribution in [0, 0.1) is 0 Å². The fraction of sp³-hybridized carbons (Fsp3) is 0.333. The molecule has 0 spiro atoms. The number of rotatable bonds is 9. The van der Waals surface area contributed by atoms with Crippen LogP contribution in [-0.4, -0.2) is 40.4 Å². The second kappa shape index (κ2) is 12.7. The van der Waals surface area contributed by atoms with Crippen LogP contribution < -0.4 is 36.1 Å². The van der Waals surface area contributed by atoms with Crippen LogP contribution >= 0.6 is 0 Å². The molecule has 44 heavy (non-hydrogen) atoms. The number of benzene rings is 3. The number of carbonyl (C=O) groups excluding carboxylic acids is 2. The maximum Gasteiger partial charge on any atom is 0.332 e. The second-order valence-electron chi connectivity index (χ2n) is 11.0. The number of para-hydroxylation sites is 2. The van der Waals surface area contributed by atoms with Gasteiger partial charge in [-0.05, 0) is 67.8 Å². The molecule has 1 aliphatic carbocycles. The summed E-state index contributed by atoms with van der Waals surface area (Å²) in [5.74, 6) is 0.830. The summed E-state index contributed by atoms with van der Waals surface area (Å²) < 4.78 is 18.8. The molecule has 4 aromatic rings. The van der Waals surface area contributed by atoms with Gasteiger partial charge in [0, 0.05) is 11.6 Å². The first-order chi connectivity index (χ1) is 21.4. The van der Waals surface area contributed by atoms with E-state index < -0.39 is 23.7 Å². The van der Waals surface area contributed by atoms with E-state index in [1.54, 1.807) is 54.6 Å². The number of aromatic nitrogens is 2. The first-order valence-corrected chi connectivity index (χ1v) is 14.9. The minimum atomic E-state index is -0.682. The zero-order valence-electron chi connectivity index (χ0n) is 24.5. The molecule has 11 nitrogen and oxygen atoms in total. The van der Waals surface area contributed by atoms with E-state index in [2.05, 4.69) is 10.6 Å². The van der Waals surface area contributed by atoms with Crippen molar-refractivity contribution < 1.29 is 23.8 Å². The summed E-state index contributed by atoms with van der Waals surface area (Å²) in [6.07, 6.45) is 5.11. The van der Waals surface area contributed by atoms with E-state index in [4.69, 9.17) is 14.2 Å². The minimum Gasteiger partial charge on any atom is -0.492 e. The number of fused-ring (bicyclic) bond motifs is 2. The van der Waals surface area contributed by atoms with Crippen LogP contribution in [0.5, 0.6) is 17.2 Å². The lowest BCUT2D eigenvalue weighted by atomic mass is 9.95. The molecular weight excluding hydrogens is 564 g/mol. The fourth-order valence-electron chi connectivity index (χ4n) is 5.77. The lowest BCUT2D eigenvalue weighted by molar-refractivity contribution is -0.116. The van der Waals surface area contributed by atoms with Gasteiger partial charge < -0.3 is 24.8 Å². The van der Waals surface area contributed by atoms with E-state index >= 15 is 0 Å². The number of hydrogen-bond donors (Lipinski definition) is 2. The van der Waals surface area contributed by atoms with Gasteiger partial charge in [0.25, 0.3) is 11.5 Å². The fourth-order valence-corrected chi connectivity index (χ4v) is 5.77. The van der Waals surface area contributed by atoms with Gasteiger partial charge in [0.1, 0.15) is 12.3 Å². The van der Waals surface area contributed by atoms with Crippen LogP contribution in [-0.2, 0) is 17.9 Å². The lowest BCUT2D eigenvalue weighted by Gasteiger charge is -2.23. The molecule has 2 heterocycles. The number of amides is 2. The molecule has 0 radical (unpaired) electrons. The van der Waals surface area contributed by atoms with E-state index in [-0.39, 0.29) is 36.2 Å². The molecule has 3 aromatic carbocycles. The predicted octanol–water partition coefficient (Wildman–Crippen LogP) is 4.04. The Morgan fingerprint density at radius 2 is 1.73 bits per heavy atom. The van der Waals surface area contributed by atoms with Crippen molar-refractivity contribution in [2.24, 2.45) is 0 Å². The molecule has 2 amide bonds. The molecule has 1 fully saturated rings. The summed E-state index contributed by atoms with van der Waals surface area (Å²) in [6, 6.07) is 16.9. The summed E-state index contributed by atoms with van der Waals surface area (Å²) in [4.78, 5) is 54.2. The van der Waals surface area contributed by atoms with Crippen LogP contribution in [0.15, 0.2) is 70.3 Å². The summed E-state index contributed by atoms with van der Waals surface area (Å²) in [6.45, 7) is 1.90. The highest BCUT2D eigenvalue weighted by atomic mass is 16.7. The molecule has 11 heteroatoms. The molecular formula is C33H34N4O7. The minimum absolute atomic E-state index is 0.0526. The van der Waals surface area contributed by atoms with Gasteiger partial charge in [-0.15, -0.1) is 0 Å². The number of ether oxygens (including phenoxy) is 3. The van der Waals surface area contributed by atoms with Gasteiger partial charge in [-0.2, -0.15) is 0 Å². The van der Waals surface area contributed by atoms with Crippen molar-refractivity contribution in [3.63, 3.8) is 0 Å². The van der Waals surface area contributed by atoms with Crippen LogP contribution in [0.25, 0.3) is 10.9 Å². The third-order valence-electron chi connectivity index (χ3n) is 7.97. The quantitative estimate of drug-likeness (QED) is 0.298. The van der Waals surface area contributed by atoms with Crippen LogP contribution in [0.1, 0.15) is 54.9 Å². The maximum atomic E-state index is 14.0. The molecule has 1 aliphatic heterocycles. The Kier molecular flexibility index (Phi) is 8.36. The summed E-state index contributed by atoms with van der Waals surface area (Å²) in [5, 5.41) is 6.11. The van der Waals surface area contributed by atoms with E-state index in [0.717, 1.165) is 36.7 Å². The van der Waals surface area contributed by atoms with Crippen molar-refractivity contribution in [3.8, 4) is 17.2 Å². The molecule has 0 bridgehead atoms. The van der Waals surface area contributed by atoms with Crippen molar-refractivity contribution in [2.75, 3.05) is 18.7 Å². The first-order valence-electron chi connectivity index (χ1n) is 14.9. The Hall–Kier alpha value is -5.06. The van der Waals surface area contributed by atoms with Gasteiger partial charge in [0.2, 0.25) is 12.7 Å². The van der Waals surface area contributed by atoms with E-state index in [1.165, 1.54) is 10.6 Å². The number of nitrogens with one attached hydrogen (secondary N) is 2. The Morgan fingerprint density at radius 1 is 0.932 bits per heavy atom. The normalized spacial score (nSPS) is 14.4. The average Bonchev–Trinajstić information content (AvgIpc) is 3.51. The monoisotopic (exact) mass is 598 g/mol. The van der Waals surface area contributed by atoms with E-state index in [0.29, 0.717) is 40.7 Å². The molecule has 0 saturated heterocycles. The number of nitrogens with zero attached hydrogens (tertiary/aromatic N) is 2. The average molecular weight is 599 g/mol. The molecule has 2 N–H and O–H groups in total. The van der Waals surface area contributed by atoms with Crippen molar-refractivity contribution in [2.45, 2.75) is 58.2 Å². The van der Waals surface area contributed by atoms with E-state index in [9.17, 15) is 19.2 Å². The highest BCUT2D eigenvalue weighted by Crippen LogP contribution is 2.32. The van der Waals surface area contributed by atoms with Crippen molar-refractivity contribution >= 4 is 28.4 Å². The second-order valence-corrected chi connectivity index (χ2v) is 11.0. The smallest absolute Gasteiger partial charge is 0.332 e. The Morgan fingerprint density at radius 3 is 2.55 bits per heavy atom. The largest absolute Gasteiger partial charge is 0.492 e. The number of anilines is 1. The molecule has 1 saturated carbocycles. The zero-order chi connectivity index (χ0) is 30.6. The Balaban J connectivity index is 1.38. The molecule has 6 rings (SSSR count). The van der Waals surface area contributed by atoms with Crippen LogP contribution in [0.4, 0.5) is 5.69 Å². The predicted molar refractivity (Wildman–Crippen MR) is 165 cm³/mol. The topological polar surface area (TPSA) is 130 Å². The highest BCUT2D eigenvalue weighted by molar-refractivity contribution is 5.98. The Bertz CT molecular complexity index is 1840. The number of hydrogen-bond acceptors (Lipinski definition) is 7. The first kappa shape index (κ1) is 29.0. The SMILES string of the molecule is CCOc1ccccc1NC(=O)Cn1c(=O)n(Cc2ccc3c(c2)OCO3)c(=O)c2ccc(C(=O)NC3CCCCC3)cc21. The number of carbonyl (C=O) groups is 2. The van der Waals surface area contributed by atoms with Gasteiger partial charge in [0.05, 0.1) is 29.7 Å². The van der Waals surface area contributed by atoms with Gasteiger partial charge >= 0.3 is 5.69 Å². The third kappa shape index (κ3) is 6.03. The van der Waals surface area contributed by atoms with E-state index in [1.807, 2.05) is 6.92 Å². The summed E-state index contributed by atoms with van der Waals surface area (Å²) in [5.41, 5.74) is 0.409. The van der Waals surface area contributed by atoms with Gasteiger partial charge in [-0.25, -0.2) is 4.79 Å². The zero-order valence-corrected chi connectivity index (χ0v) is 24.5. The van der Waals surface area contributed by atoms with Crippen molar-refractivity contribution in [3.05, 3.63) is 92.6 Å². The van der Waals surface area contributed by atoms with Crippen molar-refractivity contribution in [1.82, 2.24) is 14.5 Å². The Labute approximate surface area is 253 Å². The van der Waals surface area contributed by atoms with Crippen LogP contribution in [0.2, 0.25) is 0 Å². The third-order valence-corrected chi connectivity index (χ3v) is 7.97. The van der Waals surface area contributed by atoms with Crippen molar-refractivity contribution in [1.29, 1.82) is 0 Å². The standard InChI is InChI=1S/C33H34N4O7/c1-2-42-27-11-7-6-10-25(27)35-30(38)19-36-26-17-22(31(39)34-23-8-4-3-5-9-23)13-14-24(26)32(40)37(33(36)41)18-21-12-15-28-29(16-21)44-20-43-28/h6-7,10-17,23H,2-5,8-9,18-20H2,1H3,(H,34,39)(H,35,38). The molecule has 0 unspecified atom stereocenters. The molecule has 2 aliphatic rings. The molecule has 228 valence electrons. The van der Waals surface area contributed by atoms with Crippen LogP contribution in [0.3, 0.4) is 0 Å². The van der Waals surface area contributed by atoms with Gasteiger partial charge in [-0.1, -0.05) is 37.5 Å². The maximum absolute atomic E-state index is 14.0. The molecule has 1 aromatic heterocycles. The lowest BCUT2D eigenvalue weighted by Crippen LogP contribution is -2.42. The highest BCUT2D eigenvalue weighted by Gasteiger charge is 2.21. The molecule has 0 atom stereocenters. The van der Waals surface area contributed by atoms with Gasteiger partial charge in [-0.3, -0.25) is 23.5 Å².